The zero-order valence-corrected chi connectivity index (χ0v) is 18.1. The van der Waals surface area contributed by atoms with Crippen molar-refractivity contribution in [2.45, 2.75) is 13.5 Å². The Morgan fingerprint density at radius 1 is 0.781 bits per heavy atom. The average molecular weight is 439 g/mol. The van der Waals surface area contributed by atoms with E-state index in [0.717, 1.165) is 33.5 Å². The van der Waals surface area contributed by atoms with Crippen molar-refractivity contribution >= 4 is 23.4 Å². The maximum Gasteiger partial charge on any atom is 0.261 e. The van der Waals surface area contributed by atoms with Crippen LogP contribution in [0.1, 0.15) is 31.8 Å². The van der Waals surface area contributed by atoms with Crippen molar-refractivity contribution in [2.24, 2.45) is 0 Å². The molecular formula is C27H19ClN2O2. The van der Waals surface area contributed by atoms with Crippen LogP contribution in [-0.4, -0.2) is 21.7 Å². The molecule has 0 radical (unpaired) electrons. The van der Waals surface area contributed by atoms with Gasteiger partial charge in [0.25, 0.3) is 11.8 Å². The molecular weight excluding hydrogens is 420 g/mol. The molecule has 2 heterocycles. The summed E-state index contributed by atoms with van der Waals surface area (Å²) in [6.45, 7) is 2.21. The predicted molar refractivity (Wildman–Crippen MR) is 126 cm³/mol. The summed E-state index contributed by atoms with van der Waals surface area (Å²) >= 11 is 6.07. The number of imide groups is 1. The molecule has 0 bridgehead atoms. The number of benzene rings is 3. The number of hydrogen-bond donors (Lipinski definition) is 0. The largest absolute Gasteiger partial charge is 0.270 e. The van der Waals surface area contributed by atoms with E-state index in [1.54, 1.807) is 30.5 Å². The molecule has 1 aromatic heterocycles. The SMILES string of the molecule is Cc1ccc(-c2cc(CN3C(=O)c4ccccc4C3=O)cnc2-c2ccc(Cl)cc2)cc1. The Kier molecular flexibility index (Phi) is 5.08. The maximum atomic E-state index is 12.8. The summed E-state index contributed by atoms with van der Waals surface area (Å²) in [5, 5.41) is 0.660. The lowest BCUT2D eigenvalue weighted by Gasteiger charge is -2.16. The molecule has 0 fully saturated rings. The quantitative estimate of drug-likeness (QED) is 0.358. The molecule has 156 valence electrons. The van der Waals surface area contributed by atoms with E-state index in [-0.39, 0.29) is 18.4 Å². The lowest BCUT2D eigenvalue weighted by Crippen LogP contribution is -2.29. The highest BCUT2D eigenvalue weighted by molar-refractivity contribution is 6.30. The number of carbonyl (C=O) groups is 2. The van der Waals surface area contributed by atoms with Crippen molar-refractivity contribution < 1.29 is 9.59 Å². The zero-order valence-electron chi connectivity index (χ0n) is 17.4. The van der Waals surface area contributed by atoms with Crippen molar-refractivity contribution in [3.05, 3.63) is 112 Å². The Morgan fingerprint density at radius 3 is 2.00 bits per heavy atom. The molecule has 3 aromatic carbocycles. The van der Waals surface area contributed by atoms with Crippen LogP contribution >= 0.6 is 11.6 Å². The highest BCUT2D eigenvalue weighted by Gasteiger charge is 2.35. The fourth-order valence-corrected chi connectivity index (χ4v) is 4.08. The summed E-state index contributed by atoms with van der Waals surface area (Å²) in [5.74, 6) is -0.548. The lowest BCUT2D eigenvalue weighted by molar-refractivity contribution is 0.0642. The molecule has 0 saturated heterocycles. The molecule has 4 nitrogen and oxygen atoms in total. The van der Waals surface area contributed by atoms with E-state index in [1.807, 2.05) is 37.3 Å². The first kappa shape index (κ1) is 20.2. The monoisotopic (exact) mass is 438 g/mol. The molecule has 0 aliphatic carbocycles. The van der Waals surface area contributed by atoms with E-state index >= 15 is 0 Å². The van der Waals surface area contributed by atoms with Gasteiger partial charge < -0.3 is 0 Å². The second kappa shape index (κ2) is 8.06. The molecule has 1 aliphatic heterocycles. The van der Waals surface area contributed by atoms with Crippen LogP contribution in [0, 0.1) is 6.92 Å². The molecule has 4 aromatic rings. The molecule has 0 N–H and O–H groups in total. The van der Waals surface area contributed by atoms with Gasteiger partial charge in [-0.05, 0) is 48.4 Å². The third-order valence-corrected chi connectivity index (χ3v) is 5.90. The zero-order chi connectivity index (χ0) is 22.2. The van der Waals surface area contributed by atoms with Crippen LogP contribution in [-0.2, 0) is 6.54 Å². The van der Waals surface area contributed by atoms with Gasteiger partial charge in [-0.1, -0.05) is 65.7 Å². The molecule has 5 heteroatoms. The smallest absolute Gasteiger partial charge is 0.261 e. The van der Waals surface area contributed by atoms with E-state index in [2.05, 4.69) is 24.3 Å². The fraction of sp³-hybridized carbons (Fsp3) is 0.0741. The number of halogens is 1. The van der Waals surface area contributed by atoms with Crippen LogP contribution < -0.4 is 0 Å². The van der Waals surface area contributed by atoms with Crippen molar-refractivity contribution in [3.8, 4) is 22.4 Å². The van der Waals surface area contributed by atoms with E-state index in [1.165, 1.54) is 4.90 Å². The van der Waals surface area contributed by atoms with Crippen LogP contribution in [0.5, 0.6) is 0 Å². The van der Waals surface area contributed by atoms with E-state index in [9.17, 15) is 9.59 Å². The van der Waals surface area contributed by atoms with Gasteiger partial charge in [-0.25, -0.2) is 0 Å². The highest BCUT2D eigenvalue weighted by atomic mass is 35.5. The van der Waals surface area contributed by atoms with Crippen LogP contribution in [0.3, 0.4) is 0 Å². The minimum absolute atomic E-state index is 0.166. The van der Waals surface area contributed by atoms with E-state index < -0.39 is 0 Å². The minimum atomic E-state index is -0.274. The Bertz CT molecular complexity index is 1310. The third kappa shape index (κ3) is 3.59. The van der Waals surface area contributed by atoms with Gasteiger partial charge in [-0.2, -0.15) is 0 Å². The number of aromatic nitrogens is 1. The van der Waals surface area contributed by atoms with Crippen molar-refractivity contribution in [2.75, 3.05) is 0 Å². The van der Waals surface area contributed by atoms with Crippen LogP contribution in [0.4, 0.5) is 0 Å². The first-order valence-corrected chi connectivity index (χ1v) is 10.7. The predicted octanol–water partition coefficient (Wildman–Crippen LogP) is 6.17. The van der Waals surface area contributed by atoms with Gasteiger partial charge in [0, 0.05) is 22.3 Å². The summed E-state index contributed by atoms with van der Waals surface area (Å²) in [5.41, 5.74) is 6.54. The van der Waals surface area contributed by atoms with Crippen molar-refractivity contribution in [1.29, 1.82) is 0 Å². The number of amides is 2. The van der Waals surface area contributed by atoms with E-state index in [4.69, 9.17) is 16.6 Å². The standard InChI is InChI=1S/C27H19ClN2O2/c1-17-6-8-19(9-7-17)24-14-18(15-29-25(24)20-10-12-21(28)13-11-20)16-30-26(31)22-4-2-3-5-23(22)27(30)32/h2-15H,16H2,1H3. The Morgan fingerprint density at radius 2 is 1.38 bits per heavy atom. The molecule has 0 atom stereocenters. The fourth-order valence-electron chi connectivity index (χ4n) is 3.95. The number of fused-ring (bicyclic) bond motifs is 1. The Labute approximate surface area is 191 Å². The normalized spacial score (nSPS) is 12.9. The van der Waals surface area contributed by atoms with Crippen LogP contribution in [0.2, 0.25) is 5.02 Å². The summed E-state index contributed by atoms with van der Waals surface area (Å²) in [7, 11) is 0. The summed E-state index contributed by atoms with van der Waals surface area (Å²) in [6, 6.07) is 24.7. The molecule has 32 heavy (non-hydrogen) atoms. The van der Waals surface area contributed by atoms with Gasteiger partial charge in [-0.3, -0.25) is 19.5 Å². The van der Waals surface area contributed by atoms with Gasteiger partial charge in [0.2, 0.25) is 0 Å². The average Bonchev–Trinajstić information content (AvgIpc) is 3.05. The topological polar surface area (TPSA) is 50.3 Å². The van der Waals surface area contributed by atoms with Crippen LogP contribution in [0.15, 0.2) is 85.1 Å². The second-order valence-corrected chi connectivity index (χ2v) is 8.29. The highest BCUT2D eigenvalue weighted by Crippen LogP contribution is 2.33. The van der Waals surface area contributed by atoms with Gasteiger partial charge in [-0.15, -0.1) is 0 Å². The number of pyridine rings is 1. The van der Waals surface area contributed by atoms with Crippen molar-refractivity contribution in [1.82, 2.24) is 9.88 Å². The summed E-state index contributed by atoms with van der Waals surface area (Å²) in [4.78, 5) is 31.6. The maximum absolute atomic E-state index is 12.8. The lowest BCUT2D eigenvalue weighted by atomic mass is 9.97. The van der Waals surface area contributed by atoms with E-state index in [0.29, 0.717) is 16.1 Å². The number of aryl methyl sites for hydroxylation is 1. The summed E-state index contributed by atoms with van der Waals surface area (Å²) < 4.78 is 0. The molecule has 0 spiro atoms. The number of hydrogen-bond acceptors (Lipinski definition) is 3. The summed E-state index contributed by atoms with van der Waals surface area (Å²) in [6.07, 6.45) is 1.73. The minimum Gasteiger partial charge on any atom is -0.270 e. The van der Waals surface area contributed by atoms with Crippen molar-refractivity contribution in [3.63, 3.8) is 0 Å². The van der Waals surface area contributed by atoms with Gasteiger partial charge >= 0.3 is 0 Å². The first-order chi connectivity index (χ1) is 15.5. The van der Waals surface area contributed by atoms with Gasteiger partial charge in [0.1, 0.15) is 0 Å². The second-order valence-electron chi connectivity index (χ2n) is 7.85. The third-order valence-electron chi connectivity index (χ3n) is 5.64. The van der Waals surface area contributed by atoms with Gasteiger partial charge in [0.05, 0.1) is 23.4 Å². The Hall–Kier alpha value is -3.76. The molecule has 0 unspecified atom stereocenters. The Balaban J connectivity index is 1.55. The number of rotatable bonds is 4. The van der Waals surface area contributed by atoms with Gasteiger partial charge in [0.15, 0.2) is 0 Å². The molecule has 1 aliphatic rings. The molecule has 5 rings (SSSR count). The first-order valence-electron chi connectivity index (χ1n) is 10.3. The molecule has 0 saturated carbocycles. The molecule has 2 amide bonds. The number of nitrogens with zero attached hydrogens (tertiary/aromatic N) is 2. The van der Waals surface area contributed by atoms with Crippen LogP contribution in [0.25, 0.3) is 22.4 Å². The number of carbonyl (C=O) groups excluding carboxylic acids is 2.